The van der Waals surface area contributed by atoms with Gasteiger partial charge in [-0.2, -0.15) is 0 Å². The lowest BCUT2D eigenvalue weighted by atomic mass is 10.00. The summed E-state index contributed by atoms with van der Waals surface area (Å²) >= 11 is 1.72. The molecule has 0 aliphatic carbocycles. The molecule has 1 aromatic carbocycles. The minimum atomic E-state index is -0.125. The van der Waals surface area contributed by atoms with Crippen LogP contribution in [0.5, 0.6) is 0 Å². The SMILES string of the molecule is COCC(CCO)NC(=O)C1CSc2ccccc21. The highest BCUT2D eigenvalue weighted by Gasteiger charge is 2.29. The van der Waals surface area contributed by atoms with Gasteiger partial charge in [-0.15, -0.1) is 11.8 Å². The van der Waals surface area contributed by atoms with Crippen molar-refractivity contribution in [3.8, 4) is 0 Å². The number of hydrogen-bond donors (Lipinski definition) is 2. The van der Waals surface area contributed by atoms with E-state index < -0.39 is 0 Å². The van der Waals surface area contributed by atoms with Crippen molar-refractivity contribution in [2.45, 2.75) is 23.3 Å². The summed E-state index contributed by atoms with van der Waals surface area (Å²) in [5, 5.41) is 12.0. The van der Waals surface area contributed by atoms with Crippen molar-refractivity contribution in [1.82, 2.24) is 5.32 Å². The molecule has 0 saturated carbocycles. The fraction of sp³-hybridized carbons (Fsp3) is 0.500. The molecular formula is C14H19NO3S. The molecule has 1 aromatic rings. The van der Waals surface area contributed by atoms with Gasteiger partial charge in [0.1, 0.15) is 0 Å². The van der Waals surface area contributed by atoms with Crippen LogP contribution < -0.4 is 5.32 Å². The van der Waals surface area contributed by atoms with E-state index in [0.717, 1.165) is 11.3 Å². The Hall–Kier alpha value is -1.04. The van der Waals surface area contributed by atoms with Crippen LogP contribution >= 0.6 is 11.8 Å². The summed E-state index contributed by atoms with van der Waals surface area (Å²) in [6.45, 7) is 0.470. The van der Waals surface area contributed by atoms with Gasteiger partial charge in [-0.1, -0.05) is 18.2 Å². The number of fused-ring (bicyclic) bond motifs is 1. The Morgan fingerprint density at radius 1 is 1.58 bits per heavy atom. The molecule has 104 valence electrons. The molecule has 2 atom stereocenters. The molecule has 0 bridgehead atoms. The van der Waals surface area contributed by atoms with Gasteiger partial charge in [0.15, 0.2) is 0 Å². The maximum atomic E-state index is 12.3. The fourth-order valence-corrected chi connectivity index (χ4v) is 3.46. The van der Waals surface area contributed by atoms with Crippen LogP contribution in [0.4, 0.5) is 0 Å². The Labute approximate surface area is 117 Å². The molecule has 1 aliphatic rings. The second-order valence-corrected chi connectivity index (χ2v) is 5.64. The number of methoxy groups -OCH3 is 1. The largest absolute Gasteiger partial charge is 0.396 e. The van der Waals surface area contributed by atoms with Gasteiger partial charge in [0.2, 0.25) is 5.91 Å². The number of amides is 1. The highest BCUT2D eigenvalue weighted by molar-refractivity contribution is 7.99. The van der Waals surface area contributed by atoms with Crippen molar-refractivity contribution in [1.29, 1.82) is 0 Å². The molecule has 0 radical (unpaired) electrons. The lowest BCUT2D eigenvalue weighted by Crippen LogP contribution is -2.41. The Morgan fingerprint density at radius 3 is 3.11 bits per heavy atom. The summed E-state index contributed by atoms with van der Waals surface area (Å²) in [4.78, 5) is 13.5. The Kier molecular flexibility index (Phi) is 5.24. The lowest BCUT2D eigenvalue weighted by molar-refractivity contribution is -0.123. The third-order valence-corrected chi connectivity index (χ3v) is 4.39. The van der Waals surface area contributed by atoms with Crippen LogP contribution in [0.15, 0.2) is 29.2 Å². The van der Waals surface area contributed by atoms with Gasteiger partial charge in [0, 0.05) is 24.4 Å². The van der Waals surface area contributed by atoms with Crippen LogP contribution in [-0.2, 0) is 9.53 Å². The topological polar surface area (TPSA) is 58.6 Å². The zero-order valence-electron chi connectivity index (χ0n) is 11.0. The van der Waals surface area contributed by atoms with E-state index in [2.05, 4.69) is 5.32 Å². The molecule has 0 spiro atoms. The van der Waals surface area contributed by atoms with Crippen LogP contribution in [0.1, 0.15) is 17.9 Å². The van der Waals surface area contributed by atoms with Crippen LogP contribution in [0.3, 0.4) is 0 Å². The second kappa shape index (κ2) is 6.93. The van der Waals surface area contributed by atoms with E-state index in [-0.39, 0.29) is 24.5 Å². The van der Waals surface area contributed by atoms with Crippen LogP contribution in [-0.4, -0.2) is 43.1 Å². The average Bonchev–Trinajstić information content (AvgIpc) is 2.83. The van der Waals surface area contributed by atoms with Crippen molar-refractivity contribution in [2.24, 2.45) is 0 Å². The van der Waals surface area contributed by atoms with Crippen molar-refractivity contribution in [3.63, 3.8) is 0 Å². The van der Waals surface area contributed by atoms with Crippen LogP contribution in [0, 0.1) is 0 Å². The highest BCUT2D eigenvalue weighted by atomic mass is 32.2. The number of aliphatic hydroxyl groups excluding tert-OH is 1. The second-order valence-electron chi connectivity index (χ2n) is 4.57. The van der Waals surface area contributed by atoms with Crippen LogP contribution in [0.25, 0.3) is 0 Å². The normalized spacial score (nSPS) is 18.9. The number of carbonyl (C=O) groups is 1. The molecule has 2 rings (SSSR count). The molecule has 1 aliphatic heterocycles. The van der Waals surface area contributed by atoms with Gasteiger partial charge in [-0.05, 0) is 18.1 Å². The summed E-state index contributed by atoms with van der Waals surface area (Å²) in [5.41, 5.74) is 1.10. The van der Waals surface area contributed by atoms with E-state index in [4.69, 9.17) is 9.84 Å². The molecule has 0 saturated heterocycles. The average molecular weight is 281 g/mol. The quantitative estimate of drug-likeness (QED) is 0.827. The number of hydrogen-bond acceptors (Lipinski definition) is 4. The molecular weight excluding hydrogens is 262 g/mol. The van der Waals surface area contributed by atoms with Crippen molar-refractivity contribution >= 4 is 17.7 Å². The fourth-order valence-electron chi connectivity index (χ4n) is 2.24. The van der Waals surface area contributed by atoms with Gasteiger partial charge in [0.25, 0.3) is 0 Å². The van der Waals surface area contributed by atoms with E-state index in [1.807, 2.05) is 24.3 Å². The van der Waals surface area contributed by atoms with Gasteiger partial charge in [-0.25, -0.2) is 0 Å². The first kappa shape index (κ1) is 14.4. The standard InChI is InChI=1S/C14H19NO3S/c1-18-8-10(6-7-16)15-14(17)12-9-19-13-5-3-2-4-11(12)13/h2-5,10,12,16H,6-9H2,1H3,(H,15,17). The molecule has 19 heavy (non-hydrogen) atoms. The molecule has 1 heterocycles. The zero-order chi connectivity index (χ0) is 13.7. The van der Waals surface area contributed by atoms with E-state index in [1.54, 1.807) is 18.9 Å². The predicted octanol–water partition coefficient (Wildman–Crippen LogP) is 1.39. The molecule has 0 aromatic heterocycles. The molecule has 2 N–H and O–H groups in total. The summed E-state index contributed by atoms with van der Waals surface area (Å²) in [5.74, 6) is 0.705. The molecule has 1 amide bonds. The van der Waals surface area contributed by atoms with Crippen molar-refractivity contribution in [2.75, 3.05) is 26.1 Å². The molecule has 5 heteroatoms. The molecule has 2 unspecified atom stereocenters. The predicted molar refractivity (Wildman–Crippen MR) is 75.4 cm³/mol. The van der Waals surface area contributed by atoms with Crippen LogP contribution in [0.2, 0.25) is 0 Å². The Bertz CT molecular complexity index is 432. The van der Waals surface area contributed by atoms with Crippen molar-refractivity contribution < 1.29 is 14.6 Å². The smallest absolute Gasteiger partial charge is 0.228 e. The first-order chi connectivity index (χ1) is 9.26. The third-order valence-electron chi connectivity index (χ3n) is 3.21. The van der Waals surface area contributed by atoms with E-state index in [0.29, 0.717) is 13.0 Å². The minimum absolute atomic E-state index is 0.0213. The van der Waals surface area contributed by atoms with Gasteiger partial charge >= 0.3 is 0 Å². The summed E-state index contributed by atoms with van der Waals surface area (Å²) in [6.07, 6.45) is 0.515. The van der Waals surface area contributed by atoms with Crippen molar-refractivity contribution in [3.05, 3.63) is 29.8 Å². The van der Waals surface area contributed by atoms with E-state index in [1.165, 1.54) is 4.90 Å². The number of benzene rings is 1. The first-order valence-electron chi connectivity index (χ1n) is 6.38. The number of rotatable bonds is 6. The minimum Gasteiger partial charge on any atom is -0.396 e. The van der Waals surface area contributed by atoms with Gasteiger partial charge in [0.05, 0.1) is 18.6 Å². The number of ether oxygens (including phenoxy) is 1. The first-order valence-corrected chi connectivity index (χ1v) is 7.36. The number of thioether (sulfide) groups is 1. The Morgan fingerprint density at radius 2 is 2.37 bits per heavy atom. The van der Waals surface area contributed by atoms with E-state index >= 15 is 0 Å². The summed E-state index contributed by atoms with van der Waals surface area (Å²) in [7, 11) is 1.59. The third kappa shape index (κ3) is 3.49. The number of aliphatic hydroxyl groups is 1. The maximum Gasteiger partial charge on any atom is 0.228 e. The lowest BCUT2D eigenvalue weighted by Gasteiger charge is -2.19. The molecule has 0 fully saturated rings. The highest BCUT2D eigenvalue weighted by Crippen LogP contribution is 2.39. The monoisotopic (exact) mass is 281 g/mol. The summed E-state index contributed by atoms with van der Waals surface area (Å²) in [6, 6.07) is 7.89. The summed E-state index contributed by atoms with van der Waals surface area (Å²) < 4.78 is 5.06. The van der Waals surface area contributed by atoms with E-state index in [9.17, 15) is 4.79 Å². The van der Waals surface area contributed by atoms with Gasteiger partial charge < -0.3 is 15.2 Å². The number of carbonyl (C=O) groups excluding carboxylic acids is 1. The maximum absolute atomic E-state index is 12.3. The van der Waals surface area contributed by atoms with Gasteiger partial charge in [-0.3, -0.25) is 4.79 Å². The zero-order valence-corrected chi connectivity index (χ0v) is 11.8. The number of nitrogens with one attached hydrogen (secondary N) is 1. The molecule has 4 nitrogen and oxygen atoms in total. The Balaban J connectivity index is 2.01.